The summed E-state index contributed by atoms with van der Waals surface area (Å²) in [5.74, 6) is 2.57. The lowest BCUT2D eigenvalue weighted by Gasteiger charge is -2.23. The first-order valence-electron chi connectivity index (χ1n) is 7.89. The van der Waals surface area contributed by atoms with Gasteiger partial charge < -0.3 is 4.90 Å². The molecule has 0 saturated heterocycles. The number of hydrogen-bond acceptors (Lipinski definition) is 1. The van der Waals surface area contributed by atoms with E-state index in [2.05, 4.69) is 23.9 Å². The fraction of sp³-hybridized carbons (Fsp3) is 0.200. The summed E-state index contributed by atoms with van der Waals surface area (Å²) in [7, 11) is 2.07. The Morgan fingerprint density at radius 2 is 1.75 bits per heavy atom. The molecule has 0 amide bonds. The van der Waals surface area contributed by atoms with Crippen LogP contribution in [0, 0.1) is 23.6 Å². The van der Waals surface area contributed by atoms with Gasteiger partial charge in [0, 0.05) is 42.2 Å². The highest BCUT2D eigenvalue weighted by Crippen LogP contribution is 2.30. The van der Waals surface area contributed by atoms with Gasteiger partial charge in [0.05, 0.1) is 5.52 Å². The lowest BCUT2D eigenvalue weighted by atomic mass is 10.1. The van der Waals surface area contributed by atoms with Gasteiger partial charge in [-0.25, -0.2) is 8.78 Å². The van der Waals surface area contributed by atoms with Crippen molar-refractivity contribution in [2.45, 2.75) is 13.0 Å². The average Bonchev–Trinajstić information content (AvgIpc) is 2.87. The zero-order valence-electron chi connectivity index (χ0n) is 13.3. The minimum atomic E-state index is -0.275. The summed E-state index contributed by atoms with van der Waals surface area (Å²) in [6.07, 6.45) is 0.875. The molecule has 0 unspecified atom stereocenters. The van der Waals surface area contributed by atoms with Crippen LogP contribution in [0.3, 0.4) is 0 Å². The van der Waals surface area contributed by atoms with Gasteiger partial charge in [0.2, 0.25) is 0 Å². The molecule has 4 rings (SSSR count). The summed E-state index contributed by atoms with van der Waals surface area (Å²) in [6, 6.07) is 14.1. The molecular weight excluding hydrogens is 306 g/mol. The Morgan fingerprint density at radius 3 is 2.54 bits per heavy atom. The highest BCUT2D eigenvalue weighted by Gasteiger charge is 2.22. The van der Waals surface area contributed by atoms with Crippen molar-refractivity contribution in [1.82, 2.24) is 9.47 Å². The molecule has 0 saturated carbocycles. The second-order valence-corrected chi connectivity index (χ2v) is 6.15. The molecule has 0 N–H and O–H groups in total. The maximum absolute atomic E-state index is 13.7. The molecule has 0 radical (unpaired) electrons. The van der Waals surface area contributed by atoms with Gasteiger partial charge in [0.15, 0.2) is 0 Å². The smallest absolute Gasteiger partial charge is 0.123 e. The van der Waals surface area contributed by atoms with Gasteiger partial charge in [-0.05, 0) is 61.0 Å². The second-order valence-electron chi connectivity index (χ2n) is 6.15. The van der Waals surface area contributed by atoms with E-state index in [9.17, 15) is 8.78 Å². The number of benzene rings is 2. The van der Waals surface area contributed by atoms with E-state index < -0.39 is 0 Å². The van der Waals surface area contributed by atoms with Crippen molar-refractivity contribution in [2.24, 2.45) is 0 Å². The summed E-state index contributed by atoms with van der Waals surface area (Å²) in [6.45, 7) is 1.74. The van der Waals surface area contributed by atoms with Gasteiger partial charge in [-0.1, -0.05) is 0 Å². The first-order valence-corrected chi connectivity index (χ1v) is 7.89. The average molecular weight is 322 g/mol. The van der Waals surface area contributed by atoms with Crippen LogP contribution >= 0.6 is 0 Å². The van der Waals surface area contributed by atoms with E-state index in [1.807, 2.05) is 4.57 Å². The number of aromatic nitrogens is 1. The van der Waals surface area contributed by atoms with Crippen LogP contribution in [-0.4, -0.2) is 23.1 Å². The van der Waals surface area contributed by atoms with Crippen LogP contribution in [0.5, 0.6) is 0 Å². The number of halogens is 2. The lowest BCUT2D eigenvalue weighted by Crippen LogP contribution is -2.27. The van der Waals surface area contributed by atoms with Crippen LogP contribution < -0.4 is 0 Å². The Bertz CT molecular complexity index is 975. The van der Waals surface area contributed by atoms with Crippen LogP contribution in [-0.2, 0) is 13.0 Å². The SMILES string of the molecule is CN1CCc2c(c3cc(F)ccc3n2C#Cc2ccc(F)cc2)C1. The molecule has 4 heteroatoms. The number of hydrogen-bond donors (Lipinski definition) is 0. The van der Waals surface area contributed by atoms with Gasteiger partial charge in [0.25, 0.3) is 0 Å². The molecule has 0 fully saturated rings. The van der Waals surface area contributed by atoms with Crippen molar-refractivity contribution in [3.05, 3.63) is 70.9 Å². The summed E-state index contributed by atoms with van der Waals surface area (Å²) < 4.78 is 28.7. The number of fused-ring (bicyclic) bond motifs is 3. The van der Waals surface area contributed by atoms with Gasteiger partial charge >= 0.3 is 0 Å². The standard InChI is InChI=1S/C20H16F2N2/c1-23-10-9-20-18(13-23)17-12-16(22)6-7-19(17)24(20)11-8-14-2-4-15(21)5-3-14/h2-7,12H,9-10,13H2,1H3. The molecule has 1 aromatic heterocycles. The van der Waals surface area contributed by atoms with E-state index in [0.29, 0.717) is 0 Å². The Kier molecular flexibility index (Phi) is 3.59. The highest BCUT2D eigenvalue weighted by molar-refractivity contribution is 5.87. The van der Waals surface area contributed by atoms with E-state index >= 15 is 0 Å². The third-order valence-corrected chi connectivity index (χ3v) is 4.46. The quantitative estimate of drug-likeness (QED) is 0.572. The maximum Gasteiger partial charge on any atom is 0.123 e. The minimum absolute atomic E-state index is 0.234. The molecule has 2 aromatic carbocycles. The second kappa shape index (κ2) is 5.77. The van der Waals surface area contributed by atoms with Crippen molar-refractivity contribution >= 4 is 10.9 Å². The molecule has 0 atom stereocenters. The van der Waals surface area contributed by atoms with Crippen LogP contribution in [0.1, 0.15) is 16.8 Å². The predicted octanol–water partition coefficient (Wildman–Crippen LogP) is 3.76. The van der Waals surface area contributed by atoms with Crippen LogP contribution in [0.25, 0.3) is 10.9 Å². The fourth-order valence-electron chi connectivity index (χ4n) is 3.25. The number of nitrogens with zero attached hydrogens (tertiary/aromatic N) is 2. The summed E-state index contributed by atoms with van der Waals surface area (Å²) >= 11 is 0. The monoisotopic (exact) mass is 322 g/mol. The molecule has 0 bridgehead atoms. The van der Waals surface area contributed by atoms with E-state index in [1.54, 1.807) is 24.3 Å². The molecule has 0 spiro atoms. The molecule has 1 aliphatic heterocycles. The number of rotatable bonds is 0. The number of likely N-dealkylation sites (N-methyl/N-ethyl adjacent to an activating group) is 1. The molecule has 2 nitrogen and oxygen atoms in total. The molecule has 120 valence electrons. The minimum Gasteiger partial charge on any atom is -0.302 e. The van der Waals surface area contributed by atoms with Crippen molar-refractivity contribution in [3.8, 4) is 12.0 Å². The van der Waals surface area contributed by atoms with Crippen LogP contribution in [0.4, 0.5) is 8.78 Å². The first-order chi connectivity index (χ1) is 11.6. The third kappa shape index (κ3) is 2.57. The molecular formula is C20H16F2N2. The summed E-state index contributed by atoms with van der Waals surface area (Å²) in [5, 5.41) is 0.921. The van der Waals surface area contributed by atoms with E-state index in [0.717, 1.165) is 47.2 Å². The zero-order valence-corrected chi connectivity index (χ0v) is 13.3. The van der Waals surface area contributed by atoms with Gasteiger partial charge in [-0.15, -0.1) is 0 Å². The van der Waals surface area contributed by atoms with Crippen molar-refractivity contribution in [1.29, 1.82) is 0 Å². The Balaban J connectivity index is 1.88. The molecule has 24 heavy (non-hydrogen) atoms. The van der Waals surface area contributed by atoms with Crippen molar-refractivity contribution in [2.75, 3.05) is 13.6 Å². The largest absolute Gasteiger partial charge is 0.302 e. The summed E-state index contributed by atoms with van der Waals surface area (Å²) in [4.78, 5) is 2.23. The maximum atomic E-state index is 13.7. The summed E-state index contributed by atoms with van der Waals surface area (Å²) in [5.41, 5.74) is 3.96. The Morgan fingerprint density at radius 1 is 1.00 bits per heavy atom. The van der Waals surface area contributed by atoms with Crippen molar-refractivity contribution < 1.29 is 8.78 Å². The van der Waals surface area contributed by atoms with Crippen LogP contribution in [0.2, 0.25) is 0 Å². The molecule has 0 aliphatic carbocycles. The Labute approximate surface area is 139 Å². The topological polar surface area (TPSA) is 8.17 Å². The lowest BCUT2D eigenvalue weighted by molar-refractivity contribution is 0.311. The predicted molar refractivity (Wildman–Crippen MR) is 90.6 cm³/mol. The highest BCUT2D eigenvalue weighted by atomic mass is 19.1. The van der Waals surface area contributed by atoms with E-state index in [1.165, 1.54) is 18.2 Å². The van der Waals surface area contributed by atoms with Crippen molar-refractivity contribution in [3.63, 3.8) is 0 Å². The van der Waals surface area contributed by atoms with E-state index in [4.69, 9.17) is 0 Å². The Hall–Kier alpha value is -2.64. The third-order valence-electron chi connectivity index (χ3n) is 4.46. The zero-order chi connectivity index (χ0) is 16.7. The first kappa shape index (κ1) is 14.9. The molecule has 1 aliphatic rings. The fourth-order valence-corrected chi connectivity index (χ4v) is 3.25. The van der Waals surface area contributed by atoms with Gasteiger partial charge in [-0.3, -0.25) is 4.57 Å². The van der Waals surface area contributed by atoms with Gasteiger partial charge in [-0.2, -0.15) is 0 Å². The van der Waals surface area contributed by atoms with Crippen LogP contribution in [0.15, 0.2) is 42.5 Å². The van der Waals surface area contributed by atoms with E-state index in [-0.39, 0.29) is 11.6 Å². The van der Waals surface area contributed by atoms with Gasteiger partial charge in [0.1, 0.15) is 11.6 Å². The molecule has 3 aromatic rings. The molecule has 2 heterocycles. The normalized spacial score (nSPS) is 14.3.